The predicted octanol–water partition coefficient (Wildman–Crippen LogP) is 6.13. The molecule has 1 heterocycles. The van der Waals surface area contributed by atoms with E-state index in [1.54, 1.807) is 4.90 Å². The number of nitrogens with one attached hydrogen (secondary N) is 1. The van der Waals surface area contributed by atoms with Crippen LogP contribution in [-0.2, 0) is 29.0 Å². The number of aryl methyl sites for hydroxylation is 1. The maximum Gasteiger partial charge on any atom is 0.243 e. The van der Waals surface area contributed by atoms with Crippen molar-refractivity contribution in [1.29, 1.82) is 0 Å². The average Bonchev–Trinajstić information content (AvgIpc) is 2.99. The van der Waals surface area contributed by atoms with Crippen molar-refractivity contribution in [3.05, 3.63) is 94.5 Å². The smallest absolute Gasteiger partial charge is 0.243 e. The van der Waals surface area contributed by atoms with Crippen molar-refractivity contribution in [3.63, 3.8) is 0 Å². The van der Waals surface area contributed by atoms with E-state index in [0.29, 0.717) is 43.4 Å². The van der Waals surface area contributed by atoms with E-state index in [0.717, 1.165) is 48.1 Å². The largest absolute Gasteiger partial charge is 0.486 e. The quantitative estimate of drug-likeness (QED) is 0.324. The summed E-state index contributed by atoms with van der Waals surface area (Å²) in [6.45, 7) is 1.38. The van der Waals surface area contributed by atoms with Gasteiger partial charge < -0.3 is 19.7 Å². The number of nitrogens with zero attached hydrogens (tertiary/aromatic N) is 1. The van der Waals surface area contributed by atoms with Crippen LogP contribution < -0.4 is 14.8 Å². The van der Waals surface area contributed by atoms with Crippen molar-refractivity contribution < 1.29 is 19.1 Å². The zero-order chi connectivity index (χ0) is 27.7. The van der Waals surface area contributed by atoms with Crippen LogP contribution in [-0.4, -0.2) is 42.0 Å². The summed E-state index contributed by atoms with van der Waals surface area (Å²) in [7, 11) is 0. The summed E-state index contributed by atoms with van der Waals surface area (Å²) in [4.78, 5) is 29.6. The summed E-state index contributed by atoms with van der Waals surface area (Å²) in [6.07, 6.45) is 6.68. The predicted molar refractivity (Wildman–Crippen MR) is 157 cm³/mol. The minimum Gasteiger partial charge on any atom is -0.486 e. The highest BCUT2D eigenvalue weighted by molar-refractivity contribution is 6.30. The van der Waals surface area contributed by atoms with E-state index in [4.69, 9.17) is 21.1 Å². The third-order valence-corrected chi connectivity index (χ3v) is 7.97. The Morgan fingerprint density at radius 1 is 0.850 bits per heavy atom. The molecule has 0 aromatic heterocycles. The summed E-state index contributed by atoms with van der Waals surface area (Å²) >= 11 is 6.14. The molecule has 0 spiro atoms. The Bertz CT molecular complexity index is 1280. The van der Waals surface area contributed by atoms with Crippen molar-refractivity contribution in [2.75, 3.05) is 13.2 Å². The molecular weight excluding hydrogens is 524 g/mol. The molecule has 2 amide bonds. The third kappa shape index (κ3) is 7.57. The van der Waals surface area contributed by atoms with Crippen molar-refractivity contribution in [2.24, 2.45) is 0 Å². The van der Waals surface area contributed by atoms with Crippen LogP contribution in [0.5, 0.6) is 11.5 Å². The number of fused-ring (bicyclic) bond motifs is 1. The number of carbonyl (C=O) groups excluding carboxylic acids is 2. The molecule has 210 valence electrons. The Hall–Kier alpha value is -3.51. The van der Waals surface area contributed by atoms with Crippen LogP contribution in [0.15, 0.2) is 72.8 Å². The fraction of sp³-hybridized carbons (Fsp3) is 0.394. The van der Waals surface area contributed by atoms with Crippen LogP contribution in [0.1, 0.15) is 55.2 Å². The highest BCUT2D eigenvalue weighted by atomic mass is 35.5. The average molecular weight is 561 g/mol. The molecule has 5 rings (SSSR count). The number of benzene rings is 3. The first kappa shape index (κ1) is 28.0. The van der Waals surface area contributed by atoms with Gasteiger partial charge >= 0.3 is 0 Å². The highest BCUT2D eigenvalue weighted by Gasteiger charge is 2.31. The SMILES string of the molecule is O=C(NC1CCCCC1)[C@@H](Cc1ccccc1)N(Cc1ccc(Cl)cc1)C(=O)CCc1ccc2c(c1)OCCO2. The first-order valence-electron chi connectivity index (χ1n) is 14.3. The van der Waals surface area contributed by atoms with E-state index in [1.165, 1.54) is 6.42 Å². The molecular formula is C33H37ClN2O4. The molecule has 40 heavy (non-hydrogen) atoms. The highest BCUT2D eigenvalue weighted by Crippen LogP contribution is 2.31. The van der Waals surface area contributed by atoms with Gasteiger partial charge in [-0.2, -0.15) is 0 Å². The molecule has 0 unspecified atom stereocenters. The fourth-order valence-electron chi connectivity index (χ4n) is 5.52. The van der Waals surface area contributed by atoms with Crippen molar-refractivity contribution in [2.45, 2.75) is 70.0 Å². The molecule has 0 saturated heterocycles. The number of hydrogen-bond acceptors (Lipinski definition) is 4. The van der Waals surface area contributed by atoms with Crippen molar-refractivity contribution in [3.8, 4) is 11.5 Å². The number of halogens is 1. The zero-order valence-electron chi connectivity index (χ0n) is 22.8. The lowest BCUT2D eigenvalue weighted by Crippen LogP contribution is -2.52. The van der Waals surface area contributed by atoms with Crippen LogP contribution >= 0.6 is 11.6 Å². The number of carbonyl (C=O) groups is 2. The number of ether oxygens (including phenoxy) is 2. The Morgan fingerprint density at radius 2 is 1.55 bits per heavy atom. The van der Waals surface area contributed by atoms with Gasteiger partial charge in [0.15, 0.2) is 11.5 Å². The molecule has 0 bridgehead atoms. The number of rotatable bonds is 10. The molecule has 1 aliphatic heterocycles. The molecule has 1 saturated carbocycles. The van der Waals surface area contributed by atoms with Gasteiger partial charge in [0.05, 0.1) is 0 Å². The lowest BCUT2D eigenvalue weighted by atomic mass is 9.94. The molecule has 1 fully saturated rings. The summed E-state index contributed by atoms with van der Waals surface area (Å²) in [5, 5.41) is 3.93. The molecule has 1 aliphatic carbocycles. The molecule has 2 aliphatic rings. The lowest BCUT2D eigenvalue weighted by Gasteiger charge is -2.33. The van der Waals surface area contributed by atoms with Crippen LogP contribution in [0.3, 0.4) is 0 Å². The second-order valence-electron chi connectivity index (χ2n) is 10.7. The van der Waals surface area contributed by atoms with Crippen molar-refractivity contribution in [1.82, 2.24) is 10.2 Å². The van der Waals surface area contributed by atoms with Gasteiger partial charge in [-0.1, -0.05) is 79.4 Å². The van der Waals surface area contributed by atoms with Crippen LogP contribution in [0.2, 0.25) is 5.02 Å². The number of amides is 2. The molecule has 0 radical (unpaired) electrons. The third-order valence-electron chi connectivity index (χ3n) is 7.72. The fourth-order valence-corrected chi connectivity index (χ4v) is 5.65. The topological polar surface area (TPSA) is 67.9 Å². The monoisotopic (exact) mass is 560 g/mol. The van der Waals surface area contributed by atoms with Crippen LogP contribution in [0.4, 0.5) is 0 Å². The maximum absolute atomic E-state index is 14.0. The van der Waals surface area contributed by atoms with Gasteiger partial charge in [-0.3, -0.25) is 9.59 Å². The molecule has 7 heteroatoms. The van der Waals surface area contributed by atoms with E-state index in [2.05, 4.69) is 5.32 Å². The summed E-state index contributed by atoms with van der Waals surface area (Å²) < 4.78 is 11.4. The van der Waals surface area contributed by atoms with E-state index in [-0.39, 0.29) is 24.3 Å². The van der Waals surface area contributed by atoms with E-state index >= 15 is 0 Å². The second kappa shape index (κ2) is 13.7. The van der Waals surface area contributed by atoms with Gasteiger partial charge in [0, 0.05) is 30.5 Å². The van der Waals surface area contributed by atoms with Crippen molar-refractivity contribution >= 4 is 23.4 Å². The normalized spacial score (nSPS) is 15.7. The van der Waals surface area contributed by atoms with E-state index in [9.17, 15) is 9.59 Å². The Labute approximate surface area is 241 Å². The zero-order valence-corrected chi connectivity index (χ0v) is 23.6. The minimum absolute atomic E-state index is 0.0652. The molecule has 1 atom stereocenters. The second-order valence-corrected chi connectivity index (χ2v) is 11.1. The van der Waals surface area contributed by atoms with Gasteiger partial charge in [-0.15, -0.1) is 0 Å². The Morgan fingerprint density at radius 3 is 2.30 bits per heavy atom. The Kier molecular flexibility index (Phi) is 9.61. The van der Waals surface area contributed by atoms with Crippen LogP contribution in [0, 0.1) is 0 Å². The molecule has 6 nitrogen and oxygen atoms in total. The van der Waals surface area contributed by atoms with Gasteiger partial charge in [-0.05, 0) is 60.2 Å². The minimum atomic E-state index is -0.632. The van der Waals surface area contributed by atoms with Gasteiger partial charge in [0.25, 0.3) is 0 Å². The van der Waals surface area contributed by atoms with E-state index < -0.39 is 6.04 Å². The van der Waals surface area contributed by atoms with E-state index in [1.807, 2.05) is 72.8 Å². The first-order valence-corrected chi connectivity index (χ1v) is 14.7. The molecule has 3 aromatic carbocycles. The van der Waals surface area contributed by atoms with Gasteiger partial charge in [0.1, 0.15) is 19.3 Å². The summed E-state index contributed by atoms with van der Waals surface area (Å²) in [5.41, 5.74) is 2.95. The summed E-state index contributed by atoms with van der Waals surface area (Å²) in [5.74, 6) is 1.29. The van der Waals surface area contributed by atoms with Crippen LogP contribution in [0.25, 0.3) is 0 Å². The standard InChI is InChI=1S/C33H37ClN2O4/c34-27-15-11-26(12-16-27)23-36(32(37)18-14-25-13-17-30-31(22-25)40-20-19-39-30)29(21-24-7-3-1-4-8-24)33(38)35-28-9-5-2-6-10-28/h1,3-4,7-8,11-13,15-17,22,28-29H,2,5-6,9-10,14,18-21,23H2,(H,35,38)/t29-/m1/s1. The molecule has 3 aromatic rings. The number of hydrogen-bond donors (Lipinski definition) is 1. The summed E-state index contributed by atoms with van der Waals surface area (Å²) in [6, 6.07) is 22.8. The molecule has 1 N–H and O–H groups in total. The van der Waals surface area contributed by atoms with Gasteiger partial charge in [-0.25, -0.2) is 0 Å². The van der Waals surface area contributed by atoms with Gasteiger partial charge in [0.2, 0.25) is 11.8 Å². The lowest BCUT2D eigenvalue weighted by molar-refractivity contribution is -0.141. The maximum atomic E-state index is 14.0. The first-order chi connectivity index (χ1) is 19.5. The Balaban J connectivity index is 1.39.